The van der Waals surface area contributed by atoms with Gasteiger partial charge in [-0.05, 0) is 6.92 Å². The standard InChI is InChI=1S/C16H19N5O8/c1-6(23)16(27)11(28-8(3)25)9(4-22)29-14(16)21-5-17-10-12(21)19-15(18-7(2)24)20-13(10)26/h5,9,11,14,22,27H,4H2,1-3H3,(H2,18,19,20,24,26)/t9-,11-,14-,16-/m1/s1. The molecule has 3 rings (SSSR count). The van der Waals surface area contributed by atoms with Crippen LogP contribution in [0.4, 0.5) is 5.95 Å². The average Bonchev–Trinajstić information content (AvgIpc) is 3.14. The number of ether oxygens (including phenoxy) is 2. The Morgan fingerprint density at radius 3 is 2.62 bits per heavy atom. The lowest BCUT2D eigenvalue weighted by molar-refractivity contribution is -0.170. The van der Waals surface area contributed by atoms with E-state index in [1.165, 1.54) is 6.92 Å². The monoisotopic (exact) mass is 409 g/mol. The first kappa shape index (κ1) is 20.6. The van der Waals surface area contributed by atoms with Gasteiger partial charge in [0.25, 0.3) is 5.56 Å². The van der Waals surface area contributed by atoms with E-state index >= 15 is 0 Å². The van der Waals surface area contributed by atoms with Crippen molar-refractivity contribution in [3.05, 3.63) is 16.7 Å². The van der Waals surface area contributed by atoms with E-state index in [2.05, 4.69) is 20.3 Å². The minimum Gasteiger partial charge on any atom is -0.456 e. The number of Topliss-reactive ketones (excluding diaryl/α,β-unsaturated/α-hetero) is 1. The van der Waals surface area contributed by atoms with Crippen LogP contribution >= 0.6 is 0 Å². The third kappa shape index (κ3) is 3.39. The summed E-state index contributed by atoms with van der Waals surface area (Å²) in [6.07, 6.45) is -3.16. The van der Waals surface area contributed by atoms with Crippen LogP contribution in [0.15, 0.2) is 11.1 Å². The van der Waals surface area contributed by atoms with E-state index in [0.717, 1.165) is 24.7 Å². The summed E-state index contributed by atoms with van der Waals surface area (Å²) >= 11 is 0. The highest BCUT2D eigenvalue weighted by Gasteiger charge is 2.62. The number of carbonyl (C=O) groups excluding carboxylic acids is 3. The third-order valence-electron chi connectivity index (χ3n) is 4.47. The van der Waals surface area contributed by atoms with E-state index in [1.54, 1.807) is 0 Å². The molecule has 0 bridgehead atoms. The van der Waals surface area contributed by atoms with Crippen LogP contribution in [0, 0.1) is 0 Å². The van der Waals surface area contributed by atoms with Crippen LogP contribution in [0.25, 0.3) is 11.2 Å². The molecule has 1 aliphatic rings. The summed E-state index contributed by atoms with van der Waals surface area (Å²) in [6.45, 7) is 2.69. The second-order valence-corrected chi connectivity index (χ2v) is 6.54. The molecule has 0 saturated carbocycles. The number of aliphatic hydroxyl groups excluding tert-OH is 1. The highest BCUT2D eigenvalue weighted by Crippen LogP contribution is 2.41. The van der Waals surface area contributed by atoms with Crippen LogP contribution < -0.4 is 10.9 Å². The summed E-state index contributed by atoms with van der Waals surface area (Å²) in [5.41, 5.74) is -3.34. The van der Waals surface area contributed by atoms with Gasteiger partial charge in [-0.3, -0.25) is 34.0 Å². The number of ketones is 1. The van der Waals surface area contributed by atoms with E-state index in [1.807, 2.05) is 0 Å². The molecule has 3 heterocycles. The van der Waals surface area contributed by atoms with Crippen molar-refractivity contribution in [3.8, 4) is 0 Å². The number of fused-ring (bicyclic) bond motifs is 1. The quantitative estimate of drug-likeness (QED) is 0.411. The van der Waals surface area contributed by atoms with E-state index in [0.29, 0.717) is 0 Å². The van der Waals surface area contributed by atoms with Crippen molar-refractivity contribution in [3.63, 3.8) is 0 Å². The molecule has 1 fully saturated rings. The molecule has 13 heteroatoms. The molecule has 156 valence electrons. The molecule has 2 aromatic heterocycles. The van der Waals surface area contributed by atoms with Crippen LogP contribution in [0.3, 0.4) is 0 Å². The predicted molar refractivity (Wildman–Crippen MR) is 94.6 cm³/mol. The third-order valence-corrected chi connectivity index (χ3v) is 4.47. The van der Waals surface area contributed by atoms with Gasteiger partial charge in [-0.1, -0.05) is 0 Å². The van der Waals surface area contributed by atoms with Gasteiger partial charge in [-0.25, -0.2) is 4.98 Å². The summed E-state index contributed by atoms with van der Waals surface area (Å²) in [4.78, 5) is 57.7. The molecule has 1 saturated heterocycles. The molecule has 29 heavy (non-hydrogen) atoms. The first-order valence-electron chi connectivity index (χ1n) is 8.51. The number of anilines is 1. The average molecular weight is 409 g/mol. The van der Waals surface area contributed by atoms with Crippen LogP contribution in [-0.4, -0.2) is 71.8 Å². The van der Waals surface area contributed by atoms with E-state index in [-0.39, 0.29) is 17.1 Å². The number of aliphatic hydroxyl groups is 2. The van der Waals surface area contributed by atoms with E-state index in [4.69, 9.17) is 9.47 Å². The zero-order valence-corrected chi connectivity index (χ0v) is 15.7. The van der Waals surface area contributed by atoms with Crippen molar-refractivity contribution in [2.24, 2.45) is 0 Å². The van der Waals surface area contributed by atoms with Crippen LogP contribution in [0.5, 0.6) is 0 Å². The Hall–Kier alpha value is -3.16. The Balaban J connectivity index is 2.17. The Morgan fingerprint density at radius 1 is 1.38 bits per heavy atom. The first-order chi connectivity index (χ1) is 13.6. The summed E-state index contributed by atoms with van der Waals surface area (Å²) in [7, 11) is 0. The van der Waals surface area contributed by atoms with Crippen molar-refractivity contribution in [2.45, 2.75) is 44.8 Å². The minimum absolute atomic E-state index is 0.109. The Labute approximate surface area is 162 Å². The molecule has 0 spiro atoms. The SMILES string of the molecule is CC(=O)Nc1nc2c(ncn2[C@@H]2O[C@H](CO)[C@@H](OC(C)=O)[C@]2(O)C(C)=O)c(=O)[nH]1. The van der Waals surface area contributed by atoms with Gasteiger partial charge in [0.05, 0.1) is 12.9 Å². The lowest BCUT2D eigenvalue weighted by Crippen LogP contribution is -2.54. The van der Waals surface area contributed by atoms with Gasteiger partial charge < -0.3 is 19.7 Å². The van der Waals surface area contributed by atoms with Gasteiger partial charge in [-0.2, -0.15) is 4.98 Å². The van der Waals surface area contributed by atoms with Gasteiger partial charge in [0.2, 0.25) is 17.5 Å². The molecule has 0 aliphatic carbocycles. The number of H-pyrrole nitrogens is 1. The number of nitrogens with one attached hydrogen (secondary N) is 2. The van der Waals surface area contributed by atoms with Crippen molar-refractivity contribution in [1.29, 1.82) is 0 Å². The molecule has 4 atom stereocenters. The number of hydrogen-bond acceptors (Lipinski definition) is 10. The molecule has 13 nitrogen and oxygen atoms in total. The topological polar surface area (TPSA) is 186 Å². The number of aromatic nitrogens is 4. The first-order valence-corrected chi connectivity index (χ1v) is 8.51. The maximum absolute atomic E-state index is 12.4. The fraction of sp³-hybridized carbons (Fsp3) is 0.500. The Bertz CT molecular complexity index is 1050. The number of hydrogen-bond donors (Lipinski definition) is 4. The number of carbonyl (C=O) groups is 3. The number of amides is 1. The summed E-state index contributed by atoms with van der Waals surface area (Å²) in [6, 6.07) is 0. The lowest BCUT2D eigenvalue weighted by atomic mass is 9.90. The Morgan fingerprint density at radius 2 is 2.07 bits per heavy atom. The summed E-state index contributed by atoms with van der Waals surface area (Å²) in [5.74, 6) is -2.28. The second kappa shape index (κ2) is 7.35. The molecule has 0 radical (unpaired) electrons. The largest absolute Gasteiger partial charge is 0.456 e. The van der Waals surface area contributed by atoms with Crippen LogP contribution in [0.1, 0.15) is 27.0 Å². The van der Waals surface area contributed by atoms with Gasteiger partial charge in [0, 0.05) is 13.8 Å². The van der Waals surface area contributed by atoms with Crippen molar-refractivity contribution < 1.29 is 34.1 Å². The fourth-order valence-electron chi connectivity index (χ4n) is 3.22. The number of esters is 1. The fourth-order valence-corrected chi connectivity index (χ4v) is 3.22. The zero-order chi connectivity index (χ0) is 21.5. The molecule has 4 N–H and O–H groups in total. The van der Waals surface area contributed by atoms with Crippen molar-refractivity contribution >= 4 is 34.8 Å². The number of aromatic amines is 1. The van der Waals surface area contributed by atoms with Crippen molar-refractivity contribution in [1.82, 2.24) is 19.5 Å². The summed E-state index contributed by atoms with van der Waals surface area (Å²) in [5, 5.41) is 23.1. The predicted octanol–water partition coefficient (Wildman–Crippen LogP) is -1.78. The summed E-state index contributed by atoms with van der Waals surface area (Å²) < 4.78 is 11.8. The second-order valence-electron chi connectivity index (χ2n) is 6.54. The highest BCUT2D eigenvalue weighted by atomic mass is 16.6. The van der Waals surface area contributed by atoms with Crippen LogP contribution in [0.2, 0.25) is 0 Å². The van der Waals surface area contributed by atoms with E-state index in [9.17, 15) is 29.4 Å². The maximum Gasteiger partial charge on any atom is 0.303 e. The molecule has 0 unspecified atom stereocenters. The molecule has 1 aliphatic heterocycles. The molecular formula is C16H19N5O8. The van der Waals surface area contributed by atoms with Crippen LogP contribution in [-0.2, 0) is 23.9 Å². The molecule has 0 aromatic carbocycles. The normalized spacial score (nSPS) is 26.4. The molecule has 1 amide bonds. The Kier molecular flexibility index (Phi) is 5.21. The van der Waals surface area contributed by atoms with E-state index < -0.39 is 53.9 Å². The number of nitrogens with zero attached hydrogens (tertiary/aromatic N) is 3. The zero-order valence-electron chi connectivity index (χ0n) is 15.7. The minimum atomic E-state index is -2.40. The number of rotatable bonds is 5. The van der Waals surface area contributed by atoms with Gasteiger partial charge >= 0.3 is 5.97 Å². The molecular weight excluding hydrogens is 390 g/mol. The maximum atomic E-state index is 12.4. The number of imidazole rings is 1. The highest BCUT2D eigenvalue weighted by molar-refractivity contribution is 5.88. The van der Waals surface area contributed by atoms with Gasteiger partial charge in [0.15, 0.2) is 29.3 Å². The van der Waals surface area contributed by atoms with Gasteiger partial charge in [0.1, 0.15) is 6.10 Å². The van der Waals surface area contributed by atoms with Gasteiger partial charge in [-0.15, -0.1) is 0 Å². The molecule has 2 aromatic rings. The van der Waals surface area contributed by atoms with Crippen molar-refractivity contribution in [2.75, 3.05) is 11.9 Å². The smallest absolute Gasteiger partial charge is 0.303 e. The lowest BCUT2D eigenvalue weighted by Gasteiger charge is -2.30.